The Hall–Kier alpha value is -0.460. The van der Waals surface area contributed by atoms with E-state index in [1.54, 1.807) is 0 Å². The van der Waals surface area contributed by atoms with Crippen molar-refractivity contribution < 1.29 is 4.74 Å². The molecule has 2 aliphatic rings. The zero-order valence-corrected chi connectivity index (χ0v) is 16.0. The molecule has 2 rings (SSSR count). The van der Waals surface area contributed by atoms with E-state index in [-0.39, 0.29) is 0 Å². The van der Waals surface area contributed by atoms with Crippen molar-refractivity contribution in [1.29, 1.82) is 0 Å². The zero-order valence-electron chi connectivity index (χ0n) is 15.1. The molecule has 2 aliphatic heterocycles. The average Bonchev–Trinajstić information content (AvgIpc) is 2.53. The number of rotatable bonds is 6. The van der Waals surface area contributed by atoms with Crippen LogP contribution in [-0.4, -0.2) is 85.3 Å². The molecule has 0 aliphatic carbocycles. The Morgan fingerprint density at radius 1 is 1.22 bits per heavy atom. The van der Waals surface area contributed by atoms with E-state index < -0.39 is 0 Å². The maximum atomic E-state index is 5.39. The molecule has 0 radical (unpaired) electrons. The van der Waals surface area contributed by atoms with Crippen LogP contribution in [0.3, 0.4) is 0 Å². The molecule has 2 saturated heterocycles. The van der Waals surface area contributed by atoms with E-state index in [0.717, 1.165) is 64.9 Å². The van der Waals surface area contributed by atoms with Gasteiger partial charge in [-0.25, -0.2) is 0 Å². The van der Waals surface area contributed by atoms with Gasteiger partial charge in [-0.2, -0.15) is 11.8 Å². The van der Waals surface area contributed by atoms with Gasteiger partial charge in [0.1, 0.15) is 0 Å². The first-order valence-corrected chi connectivity index (χ1v) is 10.1. The summed E-state index contributed by atoms with van der Waals surface area (Å²) in [5, 5.41) is 3.47. The smallest absolute Gasteiger partial charge is 0.193 e. The molecular weight excluding hydrogens is 308 g/mol. The monoisotopic (exact) mass is 342 g/mol. The SMILES string of the molecule is CCNC(=NCCCCN1CCOCC1)N1CCSC(C)(C)C1. The minimum atomic E-state index is 0.324. The fourth-order valence-corrected chi connectivity index (χ4v) is 4.19. The number of guanidine groups is 1. The van der Waals surface area contributed by atoms with Crippen molar-refractivity contribution in [1.82, 2.24) is 15.1 Å². The van der Waals surface area contributed by atoms with Crippen molar-refractivity contribution >= 4 is 17.7 Å². The molecule has 134 valence electrons. The van der Waals surface area contributed by atoms with E-state index in [9.17, 15) is 0 Å². The lowest BCUT2D eigenvalue weighted by atomic mass is 10.2. The number of hydrogen-bond acceptors (Lipinski definition) is 4. The second-order valence-electron chi connectivity index (χ2n) is 6.93. The molecular formula is C17H34N4OS. The Kier molecular flexibility index (Phi) is 7.99. The first-order chi connectivity index (χ1) is 11.1. The van der Waals surface area contributed by atoms with Crippen LogP contribution < -0.4 is 5.32 Å². The fourth-order valence-electron chi connectivity index (χ4n) is 3.08. The summed E-state index contributed by atoms with van der Waals surface area (Å²) < 4.78 is 5.71. The highest BCUT2D eigenvalue weighted by Crippen LogP contribution is 2.29. The van der Waals surface area contributed by atoms with Crippen molar-refractivity contribution in [3.63, 3.8) is 0 Å². The maximum Gasteiger partial charge on any atom is 0.193 e. The maximum absolute atomic E-state index is 5.39. The van der Waals surface area contributed by atoms with Crippen molar-refractivity contribution in [2.75, 3.05) is 64.8 Å². The van der Waals surface area contributed by atoms with Crippen molar-refractivity contribution in [3.8, 4) is 0 Å². The highest BCUT2D eigenvalue weighted by molar-refractivity contribution is 8.00. The number of ether oxygens (including phenoxy) is 1. The van der Waals surface area contributed by atoms with Crippen LogP contribution in [0.1, 0.15) is 33.6 Å². The minimum absolute atomic E-state index is 0.324. The number of aliphatic imine (C=N–C) groups is 1. The molecule has 0 saturated carbocycles. The van der Waals surface area contributed by atoms with Gasteiger partial charge in [0.2, 0.25) is 0 Å². The molecule has 2 fully saturated rings. The average molecular weight is 343 g/mol. The highest BCUT2D eigenvalue weighted by atomic mass is 32.2. The third kappa shape index (κ3) is 6.89. The van der Waals surface area contributed by atoms with E-state index in [1.165, 1.54) is 18.7 Å². The van der Waals surface area contributed by atoms with Crippen LogP contribution in [-0.2, 0) is 4.74 Å². The van der Waals surface area contributed by atoms with E-state index in [2.05, 4.69) is 47.6 Å². The Bertz CT molecular complexity index is 370. The number of nitrogens with one attached hydrogen (secondary N) is 1. The van der Waals surface area contributed by atoms with Gasteiger partial charge in [-0.05, 0) is 40.2 Å². The van der Waals surface area contributed by atoms with E-state index >= 15 is 0 Å². The Balaban J connectivity index is 1.72. The molecule has 23 heavy (non-hydrogen) atoms. The van der Waals surface area contributed by atoms with Crippen LogP contribution in [0.25, 0.3) is 0 Å². The third-order valence-corrected chi connectivity index (χ3v) is 5.61. The first-order valence-electron chi connectivity index (χ1n) is 9.08. The van der Waals surface area contributed by atoms with Crippen LogP contribution in [0.2, 0.25) is 0 Å². The lowest BCUT2D eigenvalue weighted by molar-refractivity contribution is 0.0373. The van der Waals surface area contributed by atoms with Gasteiger partial charge in [0.15, 0.2) is 5.96 Å². The predicted molar refractivity (Wildman–Crippen MR) is 101 cm³/mol. The summed E-state index contributed by atoms with van der Waals surface area (Å²) in [5.41, 5.74) is 0. The van der Waals surface area contributed by atoms with Gasteiger partial charge in [0.05, 0.1) is 13.2 Å². The first kappa shape index (κ1) is 18.9. The van der Waals surface area contributed by atoms with E-state index in [4.69, 9.17) is 9.73 Å². The fraction of sp³-hybridized carbons (Fsp3) is 0.941. The number of hydrogen-bond donors (Lipinski definition) is 1. The molecule has 5 nitrogen and oxygen atoms in total. The summed E-state index contributed by atoms with van der Waals surface area (Å²) in [7, 11) is 0. The molecule has 0 atom stereocenters. The predicted octanol–water partition coefficient (Wildman–Crippen LogP) is 1.89. The lowest BCUT2D eigenvalue weighted by Crippen LogP contribution is -2.51. The van der Waals surface area contributed by atoms with Crippen LogP contribution in [0.4, 0.5) is 0 Å². The normalized spacial score (nSPS) is 23.1. The molecule has 6 heteroatoms. The van der Waals surface area contributed by atoms with Crippen molar-refractivity contribution in [2.24, 2.45) is 4.99 Å². The van der Waals surface area contributed by atoms with E-state index in [0.29, 0.717) is 4.75 Å². The highest BCUT2D eigenvalue weighted by Gasteiger charge is 2.28. The zero-order chi connectivity index (χ0) is 16.5. The van der Waals surface area contributed by atoms with Crippen molar-refractivity contribution in [3.05, 3.63) is 0 Å². The summed E-state index contributed by atoms with van der Waals surface area (Å²) >= 11 is 2.07. The van der Waals surface area contributed by atoms with E-state index in [1.807, 2.05) is 0 Å². The summed E-state index contributed by atoms with van der Waals surface area (Å²) in [6.45, 7) is 16.0. The molecule has 0 aromatic rings. The van der Waals surface area contributed by atoms with Gasteiger partial charge in [-0.3, -0.25) is 9.89 Å². The Morgan fingerprint density at radius 3 is 2.70 bits per heavy atom. The molecule has 0 bridgehead atoms. The van der Waals surface area contributed by atoms with Crippen LogP contribution in [0.15, 0.2) is 4.99 Å². The molecule has 0 aromatic carbocycles. The van der Waals surface area contributed by atoms with Crippen molar-refractivity contribution in [2.45, 2.75) is 38.4 Å². The second kappa shape index (κ2) is 9.74. The second-order valence-corrected chi connectivity index (χ2v) is 8.73. The van der Waals surface area contributed by atoms with Gasteiger partial charge in [0.25, 0.3) is 0 Å². The van der Waals surface area contributed by atoms with Gasteiger partial charge in [0, 0.05) is 49.8 Å². The van der Waals surface area contributed by atoms with Crippen LogP contribution in [0.5, 0.6) is 0 Å². The number of nitrogens with zero attached hydrogens (tertiary/aromatic N) is 3. The molecule has 2 heterocycles. The largest absolute Gasteiger partial charge is 0.379 e. The lowest BCUT2D eigenvalue weighted by Gasteiger charge is -2.39. The molecule has 0 spiro atoms. The minimum Gasteiger partial charge on any atom is -0.379 e. The summed E-state index contributed by atoms with van der Waals surface area (Å²) in [6.07, 6.45) is 2.39. The number of morpholine rings is 1. The Morgan fingerprint density at radius 2 is 2.00 bits per heavy atom. The number of thioether (sulfide) groups is 1. The number of unbranched alkanes of at least 4 members (excludes halogenated alkanes) is 1. The van der Waals surface area contributed by atoms with Crippen LogP contribution >= 0.6 is 11.8 Å². The summed E-state index contributed by atoms with van der Waals surface area (Å²) in [5.74, 6) is 2.29. The summed E-state index contributed by atoms with van der Waals surface area (Å²) in [6, 6.07) is 0. The van der Waals surface area contributed by atoms with Gasteiger partial charge < -0.3 is 15.0 Å². The third-order valence-electron chi connectivity index (χ3n) is 4.31. The molecule has 0 aromatic heterocycles. The molecule has 1 N–H and O–H groups in total. The van der Waals surface area contributed by atoms with Gasteiger partial charge >= 0.3 is 0 Å². The van der Waals surface area contributed by atoms with Gasteiger partial charge in [-0.15, -0.1) is 0 Å². The molecule has 0 unspecified atom stereocenters. The quantitative estimate of drug-likeness (QED) is 0.453. The van der Waals surface area contributed by atoms with Crippen LogP contribution in [0, 0.1) is 0 Å². The molecule has 0 amide bonds. The summed E-state index contributed by atoms with van der Waals surface area (Å²) in [4.78, 5) is 9.80. The van der Waals surface area contributed by atoms with Gasteiger partial charge in [-0.1, -0.05) is 0 Å². The Labute approximate surface area is 146 Å². The topological polar surface area (TPSA) is 40.1 Å². The standard InChI is InChI=1S/C17H34N4OS/c1-4-18-16(21-11-14-23-17(2,3)15-21)19-7-5-6-8-20-9-12-22-13-10-20/h4-15H2,1-3H3,(H,18,19).